The van der Waals surface area contributed by atoms with Crippen molar-refractivity contribution in [3.8, 4) is 6.07 Å². The Bertz CT molecular complexity index is 857. The van der Waals surface area contributed by atoms with Gasteiger partial charge in [-0.15, -0.1) is 0 Å². The van der Waals surface area contributed by atoms with Crippen molar-refractivity contribution < 1.29 is 14.3 Å². The first-order chi connectivity index (χ1) is 13.1. The van der Waals surface area contributed by atoms with Crippen LogP contribution < -0.4 is 0 Å². The van der Waals surface area contributed by atoms with Crippen LogP contribution in [0.15, 0.2) is 30.5 Å². The quantitative estimate of drug-likeness (QED) is 0.555. The Hall–Kier alpha value is -2.65. The molecule has 2 heterocycles. The Labute approximate surface area is 159 Å². The van der Waals surface area contributed by atoms with Crippen LogP contribution in [-0.2, 0) is 16.1 Å². The molecule has 1 aliphatic rings. The second-order valence-electron chi connectivity index (χ2n) is 6.89. The number of carbonyl (C=O) groups excluding carboxylic acids is 2. The predicted octanol–water partition coefficient (Wildman–Crippen LogP) is 3.01. The van der Waals surface area contributed by atoms with Gasteiger partial charge in [0.05, 0.1) is 31.6 Å². The molecule has 1 fully saturated rings. The van der Waals surface area contributed by atoms with Crippen LogP contribution in [0.1, 0.15) is 36.5 Å². The maximum absolute atomic E-state index is 12.9. The lowest BCUT2D eigenvalue weighted by molar-refractivity contribution is -0.149. The van der Waals surface area contributed by atoms with E-state index in [0.717, 1.165) is 36.8 Å². The van der Waals surface area contributed by atoms with Gasteiger partial charge in [-0.3, -0.25) is 14.5 Å². The molecule has 6 heteroatoms. The molecule has 0 spiro atoms. The Balaban J connectivity index is 1.67. The third-order valence-corrected chi connectivity index (χ3v) is 5.13. The largest absolute Gasteiger partial charge is 0.466 e. The standard InChI is InChI=1S/C21H25N3O3/c1-2-27-21(26)16-8-12-23(13-9-16)15-20(25)18-14-24(11-5-10-22)19-7-4-3-6-17(18)19/h3-4,6-7,14,16H,2,5,8-9,11-13,15H2,1H3. The van der Waals surface area contributed by atoms with E-state index in [0.29, 0.717) is 31.7 Å². The van der Waals surface area contributed by atoms with Crippen LogP contribution in [0.4, 0.5) is 0 Å². The molecule has 0 amide bonds. The van der Waals surface area contributed by atoms with Gasteiger partial charge in [0.1, 0.15) is 0 Å². The van der Waals surface area contributed by atoms with Crippen LogP contribution in [0.2, 0.25) is 0 Å². The van der Waals surface area contributed by atoms with E-state index in [-0.39, 0.29) is 17.7 Å². The molecule has 0 atom stereocenters. The molecule has 1 aromatic carbocycles. The number of aromatic nitrogens is 1. The molecule has 0 aliphatic carbocycles. The summed E-state index contributed by atoms with van der Waals surface area (Å²) >= 11 is 0. The molecule has 0 unspecified atom stereocenters. The number of hydrogen-bond donors (Lipinski definition) is 0. The lowest BCUT2D eigenvalue weighted by Gasteiger charge is -2.30. The van der Waals surface area contributed by atoms with E-state index in [2.05, 4.69) is 11.0 Å². The summed E-state index contributed by atoms with van der Waals surface area (Å²) in [5.41, 5.74) is 1.69. The summed E-state index contributed by atoms with van der Waals surface area (Å²) in [6, 6.07) is 9.97. The summed E-state index contributed by atoms with van der Waals surface area (Å²) < 4.78 is 7.09. The number of carbonyl (C=O) groups is 2. The number of nitriles is 1. The van der Waals surface area contributed by atoms with E-state index in [1.165, 1.54) is 0 Å². The monoisotopic (exact) mass is 367 g/mol. The number of ether oxygens (including phenoxy) is 1. The van der Waals surface area contributed by atoms with Crippen molar-refractivity contribution in [3.63, 3.8) is 0 Å². The molecule has 1 saturated heterocycles. The van der Waals surface area contributed by atoms with Gasteiger partial charge in [-0.2, -0.15) is 5.26 Å². The molecule has 6 nitrogen and oxygen atoms in total. The normalized spacial score (nSPS) is 15.6. The number of Topliss-reactive ketones (excluding diaryl/α,β-unsaturated/α-hetero) is 1. The fourth-order valence-electron chi connectivity index (χ4n) is 3.70. The lowest BCUT2D eigenvalue weighted by atomic mass is 9.96. The van der Waals surface area contributed by atoms with Gasteiger partial charge in [-0.05, 0) is 38.9 Å². The molecule has 0 N–H and O–H groups in total. The zero-order valence-electron chi connectivity index (χ0n) is 15.7. The summed E-state index contributed by atoms with van der Waals surface area (Å²) in [6.07, 6.45) is 3.75. The van der Waals surface area contributed by atoms with Crippen LogP contribution >= 0.6 is 0 Å². The van der Waals surface area contributed by atoms with Crippen LogP contribution in [0.5, 0.6) is 0 Å². The molecule has 0 bridgehead atoms. The molecule has 1 aliphatic heterocycles. The van der Waals surface area contributed by atoms with E-state index in [1.807, 2.05) is 42.0 Å². The highest BCUT2D eigenvalue weighted by molar-refractivity contribution is 6.09. The van der Waals surface area contributed by atoms with Crippen molar-refractivity contribution >= 4 is 22.7 Å². The van der Waals surface area contributed by atoms with Gasteiger partial charge < -0.3 is 9.30 Å². The number of nitrogens with zero attached hydrogens (tertiary/aromatic N) is 3. The summed E-state index contributed by atoms with van der Waals surface area (Å²) in [7, 11) is 0. The topological polar surface area (TPSA) is 75.3 Å². The van der Waals surface area contributed by atoms with Crippen molar-refractivity contribution in [3.05, 3.63) is 36.0 Å². The summed E-state index contributed by atoms with van der Waals surface area (Å²) in [4.78, 5) is 26.9. The van der Waals surface area contributed by atoms with E-state index in [1.54, 1.807) is 0 Å². The average Bonchev–Trinajstić information content (AvgIpc) is 3.06. The third-order valence-electron chi connectivity index (χ3n) is 5.13. The smallest absolute Gasteiger partial charge is 0.309 e. The zero-order chi connectivity index (χ0) is 19.2. The van der Waals surface area contributed by atoms with Crippen molar-refractivity contribution in [1.82, 2.24) is 9.47 Å². The van der Waals surface area contributed by atoms with Crippen molar-refractivity contribution in [2.45, 2.75) is 32.7 Å². The maximum Gasteiger partial charge on any atom is 0.309 e. The van der Waals surface area contributed by atoms with E-state index in [9.17, 15) is 9.59 Å². The van der Waals surface area contributed by atoms with Gasteiger partial charge in [0.15, 0.2) is 5.78 Å². The second kappa shape index (κ2) is 8.83. The first-order valence-electron chi connectivity index (χ1n) is 9.51. The minimum absolute atomic E-state index is 0.0517. The SMILES string of the molecule is CCOC(=O)C1CCN(CC(=O)c2cn(CCC#N)c3ccccc23)CC1. The number of para-hydroxylation sites is 1. The van der Waals surface area contributed by atoms with Gasteiger partial charge in [-0.1, -0.05) is 18.2 Å². The van der Waals surface area contributed by atoms with E-state index < -0.39 is 0 Å². The predicted molar refractivity (Wildman–Crippen MR) is 102 cm³/mol. The number of likely N-dealkylation sites (tertiary alicyclic amines) is 1. The summed E-state index contributed by atoms with van der Waals surface area (Å²) in [6.45, 7) is 4.60. The molecule has 27 heavy (non-hydrogen) atoms. The first kappa shape index (κ1) is 19.1. The Morgan fingerprint density at radius 2 is 2.00 bits per heavy atom. The Kier molecular flexibility index (Phi) is 6.25. The van der Waals surface area contributed by atoms with Crippen LogP contribution in [0.25, 0.3) is 10.9 Å². The van der Waals surface area contributed by atoms with Crippen LogP contribution in [0, 0.1) is 17.2 Å². The molecule has 2 aromatic rings. The fourth-order valence-corrected chi connectivity index (χ4v) is 3.70. The molecular formula is C21H25N3O3. The van der Waals surface area contributed by atoms with Gasteiger partial charge in [-0.25, -0.2) is 0 Å². The van der Waals surface area contributed by atoms with Crippen LogP contribution in [0.3, 0.4) is 0 Å². The highest BCUT2D eigenvalue weighted by Crippen LogP contribution is 2.24. The number of fused-ring (bicyclic) bond motifs is 1. The number of benzene rings is 1. The molecule has 0 radical (unpaired) electrons. The number of aryl methyl sites for hydroxylation is 1. The fraction of sp³-hybridized carbons (Fsp3) is 0.476. The molecule has 0 saturated carbocycles. The molecule has 3 rings (SSSR count). The van der Waals surface area contributed by atoms with Crippen molar-refractivity contribution in [1.29, 1.82) is 5.26 Å². The Morgan fingerprint density at radius 3 is 2.70 bits per heavy atom. The van der Waals surface area contributed by atoms with Crippen molar-refractivity contribution in [2.24, 2.45) is 5.92 Å². The number of piperidine rings is 1. The highest BCUT2D eigenvalue weighted by Gasteiger charge is 2.27. The van der Waals surface area contributed by atoms with Crippen LogP contribution in [-0.4, -0.2) is 47.5 Å². The molecule has 142 valence electrons. The second-order valence-corrected chi connectivity index (χ2v) is 6.89. The van der Waals surface area contributed by atoms with Gasteiger partial charge in [0.2, 0.25) is 0 Å². The number of rotatable bonds is 7. The van der Waals surface area contributed by atoms with Gasteiger partial charge in [0, 0.05) is 29.2 Å². The third kappa shape index (κ3) is 4.37. The first-order valence-corrected chi connectivity index (χ1v) is 9.51. The van der Waals surface area contributed by atoms with E-state index in [4.69, 9.17) is 10.00 Å². The summed E-state index contributed by atoms with van der Waals surface area (Å²) in [5.74, 6) is -0.0928. The zero-order valence-corrected chi connectivity index (χ0v) is 15.7. The molecule has 1 aromatic heterocycles. The average molecular weight is 367 g/mol. The lowest BCUT2D eigenvalue weighted by Crippen LogP contribution is -2.39. The minimum Gasteiger partial charge on any atom is -0.466 e. The maximum atomic E-state index is 12.9. The van der Waals surface area contributed by atoms with Gasteiger partial charge in [0.25, 0.3) is 0 Å². The van der Waals surface area contributed by atoms with Crippen molar-refractivity contribution in [2.75, 3.05) is 26.2 Å². The molecular weight excluding hydrogens is 342 g/mol. The van der Waals surface area contributed by atoms with E-state index >= 15 is 0 Å². The van der Waals surface area contributed by atoms with Gasteiger partial charge >= 0.3 is 5.97 Å². The number of ketones is 1. The minimum atomic E-state index is -0.121. The highest BCUT2D eigenvalue weighted by atomic mass is 16.5. The summed E-state index contributed by atoms with van der Waals surface area (Å²) in [5, 5.41) is 9.79. The number of esters is 1. The Morgan fingerprint density at radius 1 is 1.26 bits per heavy atom. The number of hydrogen-bond acceptors (Lipinski definition) is 5.